The number of para-hydroxylation sites is 1. The smallest absolute Gasteiger partial charge is 0.190 e. The number of carbonyl (C=O) groups is 1. The molecule has 3 saturated heterocycles. The van der Waals surface area contributed by atoms with Crippen LogP contribution in [0, 0.1) is 17.8 Å². The highest BCUT2D eigenvalue weighted by Gasteiger charge is 2.61. The highest BCUT2D eigenvalue weighted by Crippen LogP contribution is 2.54. The van der Waals surface area contributed by atoms with Crippen molar-refractivity contribution in [2.45, 2.75) is 44.2 Å². The van der Waals surface area contributed by atoms with E-state index in [-0.39, 0.29) is 5.54 Å². The number of piperidine rings is 3. The molecular formula is C19H24N2O. The van der Waals surface area contributed by atoms with Crippen molar-refractivity contribution in [1.29, 1.82) is 0 Å². The summed E-state index contributed by atoms with van der Waals surface area (Å²) >= 11 is 0. The van der Waals surface area contributed by atoms with Gasteiger partial charge in [0.1, 0.15) is 5.54 Å². The summed E-state index contributed by atoms with van der Waals surface area (Å²) in [5.74, 6) is 2.46. The molecule has 1 aromatic carbocycles. The Kier molecular flexibility index (Phi) is 2.59. The number of fused-ring (bicyclic) bond motifs is 2. The van der Waals surface area contributed by atoms with Crippen LogP contribution in [-0.4, -0.2) is 35.4 Å². The van der Waals surface area contributed by atoms with Crippen molar-refractivity contribution in [2.75, 3.05) is 18.4 Å². The fourth-order valence-electron chi connectivity index (χ4n) is 6.06. The van der Waals surface area contributed by atoms with Crippen molar-refractivity contribution in [3.63, 3.8) is 0 Å². The van der Waals surface area contributed by atoms with E-state index in [1.165, 1.54) is 25.8 Å². The van der Waals surface area contributed by atoms with E-state index in [0.717, 1.165) is 36.1 Å². The standard InChI is InChI=1S/C19H24N2O/c1-2-13-9-12-10-15-17(13)21(11-12)8-7-19(15)18(22)14-5-3-4-6-16(14)20-19/h3-6,12-13,15,17,20H,2,7-11H2,1H3/t12-,13+,15-,17+,19+/m1/s1. The van der Waals surface area contributed by atoms with Crippen molar-refractivity contribution < 1.29 is 4.79 Å². The van der Waals surface area contributed by atoms with Crippen molar-refractivity contribution in [3.8, 4) is 0 Å². The van der Waals surface area contributed by atoms with Crippen LogP contribution in [0.2, 0.25) is 0 Å². The summed E-state index contributed by atoms with van der Waals surface area (Å²) in [7, 11) is 0. The molecule has 1 N–H and O–H groups in total. The summed E-state index contributed by atoms with van der Waals surface area (Å²) in [6, 6.07) is 8.73. The SMILES string of the molecule is CC[C@H]1C[C@@H]2C[C@@H]3[C@H]1N(CC[C@]31Nc3ccccc3C1=O)C2. The number of carbonyl (C=O) groups excluding carboxylic acids is 1. The van der Waals surface area contributed by atoms with E-state index in [1.54, 1.807) is 0 Å². The Morgan fingerprint density at radius 2 is 2.18 bits per heavy atom. The summed E-state index contributed by atoms with van der Waals surface area (Å²) < 4.78 is 0. The predicted molar refractivity (Wildman–Crippen MR) is 87.1 cm³/mol. The first kappa shape index (κ1) is 13.1. The number of benzene rings is 1. The van der Waals surface area contributed by atoms with Crippen molar-refractivity contribution in [1.82, 2.24) is 4.90 Å². The Morgan fingerprint density at radius 3 is 3.00 bits per heavy atom. The molecule has 1 spiro atoms. The van der Waals surface area contributed by atoms with Gasteiger partial charge in [0.25, 0.3) is 0 Å². The van der Waals surface area contributed by atoms with Gasteiger partial charge in [-0.25, -0.2) is 0 Å². The van der Waals surface area contributed by atoms with Gasteiger partial charge in [-0.3, -0.25) is 9.69 Å². The Labute approximate surface area is 132 Å². The van der Waals surface area contributed by atoms with Crippen LogP contribution in [0.4, 0.5) is 5.69 Å². The Bertz CT molecular complexity index is 634. The van der Waals surface area contributed by atoms with Gasteiger partial charge in [0.2, 0.25) is 0 Å². The minimum atomic E-state index is -0.308. The van der Waals surface area contributed by atoms with Crippen LogP contribution in [0.3, 0.4) is 0 Å². The second-order valence-corrected chi connectivity index (χ2v) is 7.82. The highest BCUT2D eigenvalue weighted by atomic mass is 16.1. The molecule has 6 rings (SSSR count). The molecule has 1 aliphatic carbocycles. The topological polar surface area (TPSA) is 32.3 Å². The molecule has 1 saturated carbocycles. The fourth-order valence-corrected chi connectivity index (χ4v) is 6.06. The van der Waals surface area contributed by atoms with Gasteiger partial charge in [-0.1, -0.05) is 25.5 Å². The summed E-state index contributed by atoms with van der Waals surface area (Å²) in [6.45, 7) is 4.68. The molecule has 4 bridgehead atoms. The molecule has 4 aliphatic heterocycles. The van der Waals surface area contributed by atoms with Gasteiger partial charge < -0.3 is 5.32 Å². The number of hydrogen-bond donors (Lipinski definition) is 1. The molecule has 3 heteroatoms. The molecule has 4 heterocycles. The average molecular weight is 296 g/mol. The Morgan fingerprint density at radius 1 is 1.32 bits per heavy atom. The third-order valence-electron chi connectivity index (χ3n) is 6.92. The molecule has 6 atom stereocenters. The predicted octanol–water partition coefficient (Wildman–Crippen LogP) is 3.17. The van der Waals surface area contributed by atoms with Crippen LogP contribution < -0.4 is 5.32 Å². The van der Waals surface area contributed by atoms with Crippen LogP contribution >= 0.6 is 0 Å². The van der Waals surface area contributed by atoms with E-state index < -0.39 is 0 Å². The van der Waals surface area contributed by atoms with Gasteiger partial charge in [-0.15, -0.1) is 0 Å². The molecule has 3 nitrogen and oxygen atoms in total. The van der Waals surface area contributed by atoms with Gasteiger partial charge in [0.15, 0.2) is 5.78 Å². The molecule has 4 fully saturated rings. The summed E-state index contributed by atoms with van der Waals surface area (Å²) in [5, 5.41) is 3.71. The lowest BCUT2D eigenvalue weighted by atomic mass is 9.56. The Hall–Kier alpha value is -1.35. The molecule has 22 heavy (non-hydrogen) atoms. The van der Waals surface area contributed by atoms with E-state index in [0.29, 0.717) is 17.7 Å². The van der Waals surface area contributed by atoms with Crippen LogP contribution in [-0.2, 0) is 0 Å². The molecule has 1 unspecified atom stereocenters. The maximum absolute atomic E-state index is 13.3. The second-order valence-electron chi connectivity index (χ2n) is 7.82. The maximum Gasteiger partial charge on any atom is 0.190 e. The number of anilines is 1. The highest BCUT2D eigenvalue weighted by molar-refractivity contribution is 6.13. The molecule has 0 amide bonds. The lowest BCUT2D eigenvalue weighted by molar-refractivity contribution is -0.0893. The summed E-state index contributed by atoms with van der Waals surface area (Å²) in [5.41, 5.74) is 1.68. The number of nitrogens with zero attached hydrogens (tertiary/aromatic N) is 1. The third kappa shape index (κ3) is 1.48. The van der Waals surface area contributed by atoms with E-state index >= 15 is 0 Å². The van der Waals surface area contributed by atoms with E-state index in [9.17, 15) is 4.79 Å². The minimum Gasteiger partial charge on any atom is -0.372 e. The molecule has 116 valence electrons. The second kappa shape index (κ2) is 4.35. The lowest BCUT2D eigenvalue weighted by Crippen LogP contribution is -2.70. The summed E-state index contributed by atoms with van der Waals surface area (Å²) in [6.07, 6.45) is 4.85. The van der Waals surface area contributed by atoms with Crippen molar-refractivity contribution >= 4 is 11.5 Å². The van der Waals surface area contributed by atoms with E-state index in [1.807, 2.05) is 18.2 Å². The minimum absolute atomic E-state index is 0.308. The molecular weight excluding hydrogens is 272 g/mol. The van der Waals surface area contributed by atoms with E-state index in [2.05, 4.69) is 23.2 Å². The molecule has 0 aromatic heterocycles. The quantitative estimate of drug-likeness (QED) is 0.864. The number of hydrogen-bond acceptors (Lipinski definition) is 3. The normalized spacial score (nSPS) is 45.0. The summed E-state index contributed by atoms with van der Waals surface area (Å²) in [4.78, 5) is 16.0. The van der Waals surface area contributed by atoms with Crippen LogP contribution in [0.1, 0.15) is 43.0 Å². The van der Waals surface area contributed by atoms with Crippen LogP contribution in [0.15, 0.2) is 24.3 Å². The number of Topliss-reactive ketones (excluding diaryl/α,β-unsaturated/α-hetero) is 1. The number of nitrogens with one attached hydrogen (secondary N) is 1. The van der Waals surface area contributed by atoms with Crippen LogP contribution in [0.5, 0.6) is 0 Å². The number of rotatable bonds is 1. The third-order valence-corrected chi connectivity index (χ3v) is 6.92. The van der Waals surface area contributed by atoms with Crippen molar-refractivity contribution in [2.24, 2.45) is 17.8 Å². The van der Waals surface area contributed by atoms with Crippen LogP contribution in [0.25, 0.3) is 0 Å². The zero-order chi connectivity index (χ0) is 14.9. The zero-order valence-electron chi connectivity index (χ0n) is 13.2. The zero-order valence-corrected chi connectivity index (χ0v) is 13.2. The van der Waals surface area contributed by atoms with E-state index in [4.69, 9.17) is 0 Å². The van der Waals surface area contributed by atoms with Gasteiger partial charge in [-0.2, -0.15) is 0 Å². The van der Waals surface area contributed by atoms with Gasteiger partial charge in [-0.05, 0) is 43.2 Å². The van der Waals surface area contributed by atoms with Gasteiger partial charge >= 0.3 is 0 Å². The molecule has 5 aliphatic rings. The fraction of sp³-hybridized carbons (Fsp3) is 0.632. The van der Waals surface area contributed by atoms with Gasteiger partial charge in [0, 0.05) is 36.3 Å². The average Bonchev–Trinajstić information content (AvgIpc) is 2.85. The first-order chi connectivity index (χ1) is 10.7. The maximum atomic E-state index is 13.3. The lowest BCUT2D eigenvalue weighted by Gasteiger charge is -2.62. The molecule has 0 radical (unpaired) electrons. The Balaban J connectivity index is 1.59. The first-order valence-electron chi connectivity index (χ1n) is 8.89. The largest absolute Gasteiger partial charge is 0.372 e. The monoisotopic (exact) mass is 296 g/mol. The first-order valence-corrected chi connectivity index (χ1v) is 8.89. The van der Waals surface area contributed by atoms with Gasteiger partial charge in [0.05, 0.1) is 0 Å². The number of ketones is 1. The molecule has 1 aromatic rings. The van der Waals surface area contributed by atoms with Crippen molar-refractivity contribution in [3.05, 3.63) is 29.8 Å².